The van der Waals surface area contributed by atoms with E-state index in [0.717, 1.165) is 0 Å². The fraction of sp³-hybridized carbons (Fsp3) is 0.500. The van der Waals surface area contributed by atoms with Crippen molar-refractivity contribution in [2.24, 2.45) is 0 Å². The third-order valence-electron chi connectivity index (χ3n) is 2.57. The van der Waals surface area contributed by atoms with Crippen molar-refractivity contribution in [3.05, 3.63) is 22.7 Å². The van der Waals surface area contributed by atoms with E-state index in [1.807, 2.05) is 0 Å². The zero-order chi connectivity index (χ0) is 11.9. The largest absolute Gasteiger partial charge is 0.0789 e. The molecule has 0 aliphatic rings. The molecule has 0 saturated carbocycles. The Bertz CT molecular complexity index is 359. The third kappa shape index (κ3) is 3.05. The van der Waals surface area contributed by atoms with Crippen LogP contribution < -0.4 is 10.4 Å². The third-order valence-corrected chi connectivity index (χ3v) is 7.92. The van der Waals surface area contributed by atoms with Gasteiger partial charge in [-0.25, -0.2) is 0 Å². The monoisotopic (exact) mass is 300 g/mol. The standard InChI is InChI=1S/C12H21BrSi2/c1-14(2,3)11-9-7-8-10(13)12(11)15(4,5)6/h7-9H,1-6H3. The van der Waals surface area contributed by atoms with E-state index in [1.54, 1.807) is 10.4 Å². The molecular formula is C12H21BrSi2. The molecule has 0 bridgehead atoms. The van der Waals surface area contributed by atoms with Gasteiger partial charge < -0.3 is 0 Å². The molecule has 1 aromatic carbocycles. The van der Waals surface area contributed by atoms with Crippen molar-refractivity contribution in [3.8, 4) is 0 Å². The second-order valence-electron chi connectivity index (χ2n) is 6.16. The number of hydrogen-bond acceptors (Lipinski definition) is 0. The Labute approximate surface area is 104 Å². The van der Waals surface area contributed by atoms with Crippen molar-refractivity contribution < 1.29 is 0 Å². The lowest BCUT2D eigenvalue weighted by molar-refractivity contribution is 1.63. The first-order valence-corrected chi connectivity index (χ1v) is 13.2. The average molecular weight is 301 g/mol. The summed E-state index contributed by atoms with van der Waals surface area (Å²) in [6.07, 6.45) is 0. The highest BCUT2D eigenvalue weighted by molar-refractivity contribution is 9.10. The van der Waals surface area contributed by atoms with Gasteiger partial charge in [0.2, 0.25) is 0 Å². The zero-order valence-electron chi connectivity index (χ0n) is 10.6. The predicted molar refractivity (Wildman–Crippen MR) is 80.1 cm³/mol. The van der Waals surface area contributed by atoms with Gasteiger partial charge in [-0.3, -0.25) is 0 Å². The quantitative estimate of drug-likeness (QED) is 0.733. The predicted octanol–water partition coefficient (Wildman–Crippen LogP) is 3.54. The van der Waals surface area contributed by atoms with Crippen LogP contribution in [-0.4, -0.2) is 16.1 Å². The molecular weight excluding hydrogens is 280 g/mol. The van der Waals surface area contributed by atoms with Crippen LogP contribution in [0.25, 0.3) is 0 Å². The van der Waals surface area contributed by atoms with E-state index in [9.17, 15) is 0 Å². The lowest BCUT2D eigenvalue weighted by Crippen LogP contribution is -2.56. The number of hydrogen-bond donors (Lipinski definition) is 0. The summed E-state index contributed by atoms with van der Waals surface area (Å²) >= 11 is 3.73. The molecule has 1 rings (SSSR count). The zero-order valence-corrected chi connectivity index (χ0v) is 14.2. The molecule has 0 nitrogen and oxygen atoms in total. The van der Waals surface area contributed by atoms with Crippen molar-refractivity contribution in [2.45, 2.75) is 39.3 Å². The van der Waals surface area contributed by atoms with Crippen LogP contribution in [0.4, 0.5) is 0 Å². The molecule has 0 N–H and O–H groups in total. The average Bonchev–Trinajstić information content (AvgIpc) is 1.99. The first-order chi connectivity index (χ1) is 6.64. The van der Waals surface area contributed by atoms with Crippen molar-refractivity contribution in [1.29, 1.82) is 0 Å². The van der Waals surface area contributed by atoms with Crippen LogP contribution in [0, 0.1) is 0 Å². The fourth-order valence-electron chi connectivity index (χ4n) is 1.91. The highest BCUT2D eigenvalue weighted by Gasteiger charge is 2.28. The molecule has 0 heterocycles. The Morgan fingerprint density at radius 3 is 1.73 bits per heavy atom. The normalized spacial score (nSPS) is 13.0. The van der Waals surface area contributed by atoms with Crippen LogP contribution in [0.2, 0.25) is 39.3 Å². The van der Waals surface area contributed by atoms with Crippen LogP contribution in [-0.2, 0) is 0 Å². The highest BCUT2D eigenvalue weighted by Crippen LogP contribution is 2.14. The Hall–Kier alpha value is 0.134. The first-order valence-electron chi connectivity index (χ1n) is 5.43. The van der Waals surface area contributed by atoms with Crippen LogP contribution in [0.1, 0.15) is 0 Å². The van der Waals surface area contributed by atoms with Gasteiger partial charge in [-0.2, -0.15) is 0 Å². The Balaban J connectivity index is 3.48. The van der Waals surface area contributed by atoms with E-state index in [0.29, 0.717) is 0 Å². The van der Waals surface area contributed by atoms with Gasteiger partial charge >= 0.3 is 0 Å². The minimum atomic E-state index is -1.24. The number of halogens is 1. The van der Waals surface area contributed by atoms with E-state index >= 15 is 0 Å². The lowest BCUT2D eigenvalue weighted by Gasteiger charge is -2.29. The van der Waals surface area contributed by atoms with E-state index in [-0.39, 0.29) is 0 Å². The molecule has 0 spiro atoms. The van der Waals surface area contributed by atoms with Crippen LogP contribution in [0.15, 0.2) is 22.7 Å². The molecule has 3 heteroatoms. The minimum Gasteiger partial charge on any atom is -0.0656 e. The van der Waals surface area contributed by atoms with E-state index in [1.165, 1.54) is 4.47 Å². The van der Waals surface area contributed by atoms with Gasteiger partial charge in [0.05, 0.1) is 16.1 Å². The molecule has 0 atom stereocenters. The number of rotatable bonds is 2. The number of benzene rings is 1. The summed E-state index contributed by atoms with van der Waals surface area (Å²) in [6, 6.07) is 6.71. The molecule has 0 fully saturated rings. The molecule has 0 aliphatic heterocycles. The van der Waals surface area contributed by atoms with Crippen molar-refractivity contribution in [2.75, 3.05) is 0 Å². The molecule has 84 valence electrons. The first kappa shape index (κ1) is 13.2. The smallest absolute Gasteiger partial charge is 0.0656 e. The maximum absolute atomic E-state index is 3.73. The van der Waals surface area contributed by atoms with Crippen LogP contribution in [0.5, 0.6) is 0 Å². The summed E-state index contributed by atoms with van der Waals surface area (Å²) in [5, 5.41) is 3.26. The summed E-state index contributed by atoms with van der Waals surface area (Å²) < 4.78 is 1.32. The molecule has 0 aromatic heterocycles. The molecule has 0 unspecified atom stereocenters. The van der Waals surface area contributed by atoms with Crippen molar-refractivity contribution in [3.63, 3.8) is 0 Å². The summed E-state index contributed by atoms with van der Waals surface area (Å²) in [6.45, 7) is 14.6. The summed E-state index contributed by atoms with van der Waals surface area (Å²) in [5.41, 5.74) is 0. The summed E-state index contributed by atoms with van der Waals surface area (Å²) in [7, 11) is -2.46. The highest BCUT2D eigenvalue weighted by atomic mass is 79.9. The minimum absolute atomic E-state index is 1.21. The fourth-order valence-corrected chi connectivity index (χ4v) is 9.67. The summed E-state index contributed by atoms with van der Waals surface area (Å²) in [5.74, 6) is 0. The van der Waals surface area contributed by atoms with Crippen LogP contribution in [0.3, 0.4) is 0 Å². The van der Waals surface area contributed by atoms with Gasteiger partial charge in [-0.15, -0.1) is 0 Å². The van der Waals surface area contributed by atoms with E-state index in [2.05, 4.69) is 73.4 Å². The van der Waals surface area contributed by atoms with Gasteiger partial charge in [0, 0.05) is 4.47 Å². The van der Waals surface area contributed by atoms with Crippen molar-refractivity contribution in [1.82, 2.24) is 0 Å². The Morgan fingerprint density at radius 1 is 0.867 bits per heavy atom. The van der Waals surface area contributed by atoms with Crippen molar-refractivity contribution >= 4 is 42.5 Å². The lowest BCUT2D eigenvalue weighted by atomic mass is 10.4. The van der Waals surface area contributed by atoms with E-state index < -0.39 is 16.1 Å². The molecule has 1 aromatic rings. The van der Waals surface area contributed by atoms with Gasteiger partial charge in [-0.1, -0.05) is 72.5 Å². The van der Waals surface area contributed by atoms with Crippen LogP contribution >= 0.6 is 15.9 Å². The maximum Gasteiger partial charge on any atom is 0.0789 e. The van der Waals surface area contributed by atoms with Gasteiger partial charge in [-0.05, 0) is 11.3 Å². The van der Waals surface area contributed by atoms with Gasteiger partial charge in [0.15, 0.2) is 0 Å². The topological polar surface area (TPSA) is 0 Å². The molecule has 0 saturated heterocycles. The second kappa shape index (κ2) is 4.19. The Kier molecular flexibility index (Phi) is 3.68. The molecule has 0 aliphatic carbocycles. The second-order valence-corrected chi connectivity index (χ2v) is 17.1. The Morgan fingerprint density at radius 2 is 1.40 bits per heavy atom. The van der Waals surface area contributed by atoms with Gasteiger partial charge in [0.1, 0.15) is 0 Å². The van der Waals surface area contributed by atoms with E-state index in [4.69, 9.17) is 0 Å². The molecule has 15 heavy (non-hydrogen) atoms. The molecule has 0 amide bonds. The maximum atomic E-state index is 3.73. The van der Waals surface area contributed by atoms with Gasteiger partial charge in [0.25, 0.3) is 0 Å². The SMILES string of the molecule is C[Si](C)(C)c1cccc(Br)c1[Si](C)(C)C. The molecule has 0 radical (unpaired) electrons. The summed E-state index contributed by atoms with van der Waals surface area (Å²) in [4.78, 5) is 0.